The van der Waals surface area contributed by atoms with Gasteiger partial charge >= 0.3 is 0 Å². The van der Waals surface area contributed by atoms with Crippen LogP contribution in [0.25, 0.3) is 0 Å². The van der Waals surface area contributed by atoms with Crippen molar-refractivity contribution in [1.82, 2.24) is 0 Å². The summed E-state index contributed by atoms with van der Waals surface area (Å²) < 4.78 is 30.9. The van der Waals surface area contributed by atoms with E-state index in [2.05, 4.69) is 33.1 Å². The molecule has 0 amide bonds. The zero-order chi connectivity index (χ0) is 14.7. The first kappa shape index (κ1) is 18.0. The number of hydrogen-bond donors (Lipinski definition) is 1. The molecule has 0 aromatic rings. The smallest absolute Gasteiger partial charge is 0.199 e. The second kappa shape index (κ2) is 7.31. The summed E-state index contributed by atoms with van der Waals surface area (Å²) in [6.07, 6.45) is -1.21. The van der Waals surface area contributed by atoms with Crippen LogP contribution in [-0.4, -0.2) is 37.6 Å². The summed E-state index contributed by atoms with van der Waals surface area (Å²) in [6.45, 7) is -7.13. The van der Waals surface area contributed by atoms with Gasteiger partial charge in [-0.05, 0) is 0 Å². The Hall–Kier alpha value is 0.990. The molecule has 1 aliphatic rings. The highest BCUT2D eigenvalue weighted by molar-refractivity contribution is 8.32. The van der Waals surface area contributed by atoms with Crippen LogP contribution in [0.1, 0.15) is 19.3 Å². The van der Waals surface area contributed by atoms with Crippen LogP contribution in [0.5, 0.6) is 0 Å². The van der Waals surface area contributed by atoms with Gasteiger partial charge in [-0.25, -0.2) is 0 Å². The van der Waals surface area contributed by atoms with Crippen LogP contribution in [0.15, 0.2) is 0 Å². The molecule has 1 rings (SSSR count). The van der Waals surface area contributed by atoms with Gasteiger partial charge in [-0.3, -0.25) is 4.57 Å². The molecule has 1 aliphatic carbocycles. The molecule has 0 radical (unpaired) electrons. The summed E-state index contributed by atoms with van der Waals surface area (Å²) in [5.74, 6) is 0. The lowest BCUT2D eigenvalue weighted by molar-refractivity contribution is -0.211. The van der Waals surface area contributed by atoms with Crippen LogP contribution in [0.4, 0.5) is 0 Å². The molecular weight excluding hydrogens is 334 g/mol. The maximum Gasteiger partial charge on any atom is 0.199 e. The van der Waals surface area contributed by atoms with Crippen molar-refractivity contribution < 1.29 is 32.7 Å². The van der Waals surface area contributed by atoms with E-state index in [1.807, 2.05) is 0 Å². The average Bonchev–Trinajstić information content (AvgIpc) is 2.27. The second-order valence-electron chi connectivity index (χ2n) is 4.08. The van der Waals surface area contributed by atoms with E-state index in [1.165, 1.54) is 14.2 Å². The van der Waals surface area contributed by atoms with Crippen LogP contribution in [0, 0.1) is 0 Å². The molecule has 0 saturated heterocycles. The van der Waals surface area contributed by atoms with Crippen LogP contribution in [0.2, 0.25) is 0 Å². The molecule has 0 aromatic heterocycles. The van der Waals surface area contributed by atoms with E-state index in [9.17, 15) is 14.6 Å². The quantitative estimate of drug-likeness (QED) is 0.552. The number of hydrogen-bond acceptors (Lipinski definition) is 9. The van der Waals surface area contributed by atoms with Crippen molar-refractivity contribution in [3.05, 3.63) is 0 Å². The van der Waals surface area contributed by atoms with Gasteiger partial charge in [-0.2, -0.15) is 0 Å². The highest BCUT2D eigenvalue weighted by atomic mass is 32.7. The number of aliphatic hydroxyl groups excluding tert-OH is 1. The molecule has 11 heteroatoms. The maximum absolute atomic E-state index is 11.6. The molecular formula is C8H16O7P2S2-2. The third-order valence-corrected chi connectivity index (χ3v) is 6.02. The highest BCUT2D eigenvalue weighted by Crippen LogP contribution is 2.49. The van der Waals surface area contributed by atoms with E-state index in [1.54, 1.807) is 0 Å². The average molecular weight is 350 g/mol. The number of aliphatic hydroxyl groups is 1. The topological polar surface area (TPSA) is 97.3 Å². The largest absolute Gasteiger partial charge is 0.780 e. The molecule has 114 valence electrons. The molecule has 0 aliphatic heterocycles. The zero-order valence-electron chi connectivity index (χ0n) is 10.5. The van der Waals surface area contributed by atoms with Gasteiger partial charge in [0.15, 0.2) is 6.80 Å². The van der Waals surface area contributed by atoms with Crippen molar-refractivity contribution in [3.8, 4) is 0 Å². The van der Waals surface area contributed by atoms with E-state index >= 15 is 0 Å². The summed E-state index contributed by atoms with van der Waals surface area (Å²) in [4.78, 5) is 11.6. The van der Waals surface area contributed by atoms with Crippen molar-refractivity contribution in [2.24, 2.45) is 0 Å². The Bertz CT molecular complexity index is 359. The molecule has 1 fully saturated rings. The third kappa shape index (κ3) is 6.52. The summed E-state index contributed by atoms with van der Waals surface area (Å²) in [7, 11) is 2.37. The van der Waals surface area contributed by atoms with Crippen LogP contribution in [0.3, 0.4) is 0 Å². The first-order chi connectivity index (χ1) is 8.67. The summed E-state index contributed by atoms with van der Waals surface area (Å²) in [6, 6.07) is 0. The molecule has 1 N–H and O–H groups in total. The Morgan fingerprint density at radius 1 is 1.21 bits per heavy atom. The molecule has 2 unspecified atom stereocenters. The van der Waals surface area contributed by atoms with Crippen molar-refractivity contribution in [1.29, 1.82) is 0 Å². The Morgan fingerprint density at radius 3 is 2.21 bits per heavy atom. The minimum atomic E-state index is -3.56. The third-order valence-electron chi connectivity index (χ3n) is 2.60. The molecule has 1 saturated carbocycles. The van der Waals surface area contributed by atoms with Gasteiger partial charge in [0.2, 0.25) is 0 Å². The molecule has 0 spiro atoms. The first-order valence-corrected chi connectivity index (χ1v) is 10.6. The highest BCUT2D eigenvalue weighted by Gasteiger charge is 2.32. The van der Waals surface area contributed by atoms with Crippen LogP contribution in [-0.2, 0) is 46.7 Å². The van der Waals surface area contributed by atoms with Crippen molar-refractivity contribution in [2.75, 3.05) is 14.2 Å². The molecule has 5 atom stereocenters. The van der Waals surface area contributed by atoms with Crippen molar-refractivity contribution in [2.45, 2.75) is 37.6 Å². The van der Waals surface area contributed by atoms with Gasteiger partial charge < -0.3 is 40.3 Å². The van der Waals surface area contributed by atoms with Gasteiger partial charge in [0.1, 0.15) is 6.72 Å². The van der Waals surface area contributed by atoms with E-state index in [-0.39, 0.29) is 19.3 Å². The Balaban J connectivity index is 2.63. The van der Waals surface area contributed by atoms with Crippen LogP contribution < -0.4 is 4.89 Å². The van der Waals surface area contributed by atoms with E-state index in [0.29, 0.717) is 0 Å². The molecule has 0 heterocycles. The summed E-state index contributed by atoms with van der Waals surface area (Å²) in [5, 5.41) is 9.70. The van der Waals surface area contributed by atoms with Crippen LogP contribution >= 0.6 is 13.5 Å². The normalized spacial score (nSPS) is 34.5. The fraction of sp³-hybridized carbons (Fsp3) is 1.00. The van der Waals surface area contributed by atoms with Gasteiger partial charge in [0.05, 0.1) is 18.3 Å². The maximum atomic E-state index is 11.6. The van der Waals surface area contributed by atoms with Gasteiger partial charge in [0, 0.05) is 33.5 Å². The van der Waals surface area contributed by atoms with Gasteiger partial charge in [0.25, 0.3) is 0 Å². The summed E-state index contributed by atoms with van der Waals surface area (Å²) in [5.41, 5.74) is 0. The zero-order valence-corrected chi connectivity index (χ0v) is 13.9. The van der Waals surface area contributed by atoms with E-state index < -0.39 is 31.8 Å². The van der Waals surface area contributed by atoms with E-state index in [4.69, 9.17) is 9.05 Å². The predicted molar refractivity (Wildman–Crippen MR) is 72.9 cm³/mol. The minimum Gasteiger partial charge on any atom is -0.780 e. The first-order valence-electron chi connectivity index (χ1n) is 5.46. The molecule has 19 heavy (non-hydrogen) atoms. The monoisotopic (exact) mass is 350 g/mol. The lowest BCUT2D eigenvalue weighted by Gasteiger charge is -2.38. The van der Waals surface area contributed by atoms with Crippen molar-refractivity contribution >= 4 is 37.6 Å². The minimum absolute atomic E-state index is 0.249. The van der Waals surface area contributed by atoms with Gasteiger partial charge in [-0.1, -0.05) is 11.8 Å². The lowest BCUT2D eigenvalue weighted by atomic mass is 9.93. The SMILES string of the molecule is COP(=O)([S-])O[C@H]1C[C@@H](O)C[C@@H](OP([O-])(=S)OC)C1. The van der Waals surface area contributed by atoms with Crippen molar-refractivity contribution in [3.63, 3.8) is 0 Å². The second-order valence-corrected chi connectivity index (χ2v) is 9.70. The Labute approximate surface area is 122 Å². The molecule has 0 bridgehead atoms. The predicted octanol–water partition coefficient (Wildman–Crippen LogP) is 0.834. The Morgan fingerprint density at radius 2 is 1.74 bits per heavy atom. The summed E-state index contributed by atoms with van der Waals surface area (Å²) >= 11 is 9.25. The molecule has 0 aromatic carbocycles. The lowest BCUT2D eigenvalue weighted by Crippen LogP contribution is -2.35. The Kier molecular flexibility index (Phi) is 6.94. The fourth-order valence-electron chi connectivity index (χ4n) is 1.81. The number of rotatable bonds is 6. The van der Waals surface area contributed by atoms with Gasteiger partial charge in [-0.15, -0.1) is 0 Å². The fourth-order valence-corrected chi connectivity index (χ4v) is 3.79. The van der Waals surface area contributed by atoms with E-state index in [0.717, 1.165) is 0 Å². The molecule has 7 nitrogen and oxygen atoms in total. The standard InChI is InChI=1S/C8H18O7P2S2/c1-12-16(10,18)14-7-3-6(9)4-8(5-7)15-17(11,19)13-2/h6-9H,3-5H2,1-2H3,(H,10,18)(H,11,19)/p-2/t6-,7+,8-,16?,17?.